The van der Waals surface area contributed by atoms with Gasteiger partial charge in [-0.25, -0.2) is 0 Å². The van der Waals surface area contributed by atoms with Crippen molar-refractivity contribution in [3.8, 4) is 5.75 Å². The van der Waals surface area contributed by atoms with Gasteiger partial charge in [0.15, 0.2) is 0 Å². The van der Waals surface area contributed by atoms with E-state index in [9.17, 15) is 14.7 Å². The average molecular weight is 386 g/mol. The lowest BCUT2D eigenvalue weighted by molar-refractivity contribution is 0.0867. The first-order valence-electron chi connectivity index (χ1n) is 9.16. The SMILES string of the molecule is CC1(C)CC(NC(=O)c2n[nH]n(/N=C/c3ccccc3O)c2=O)CC(C)(C)N1. The summed E-state index contributed by atoms with van der Waals surface area (Å²) in [6.45, 7) is 8.34. The van der Waals surface area contributed by atoms with E-state index in [0.717, 1.165) is 17.6 Å². The van der Waals surface area contributed by atoms with Crippen LogP contribution < -0.4 is 16.2 Å². The van der Waals surface area contributed by atoms with Crippen LogP contribution in [0.2, 0.25) is 0 Å². The number of phenolic OH excluding ortho intramolecular Hbond substituents is 1. The topological polar surface area (TPSA) is 124 Å². The fourth-order valence-electron chi connectivity index (χ4n) is 3.91. The van der Waals surface area contributed by atoms with Crippen molar-refractivity contribution < 1.29 is 9.90 Å². The molecule has 4 N–H and O–H groups in total. The number of nitrogens with zero attached hydrogens (tertiary/aromatic N) is 3. The zero-order valence-electron chi connectivity index (χ0n) is 16.5. The van der Waals surface area contributed by atoms with Crippen molar-refractivity contribution in [3.05, 3.63) is 45.9 Å². The normalized spacial score (nSPS) is 19.0. The quantitative estimate of drug-likeness (QED) is 0.588. The highest BCUT2D eigenvalue weighted by Crippen LogP contribution is 2.28. The van der Waals surface area contributed by atoms with Gasteiger partial charge in [-0.1, -0.05) is 12.1 Å². The minimum Gasteiger partial charge on any atom is -0.507 e. The molecule has 1 aliphatic heterocycles. The van der Waals surface area contributed by atoms with E-state index in [4.69, 9.17) is 0 Å². The van der Waals surface area contributed by atoms with E-state index in [1.165, 1.54) is 12.3 Å². The van der Waals surface area contributed by atoms with Crippen LogP contribution in [-0.2, 0) is 0 Å². The van der Waals surface area contributed by atoms with Crippen LogP contribution in [-0.4, -0.2) is 49.5 Å². The summed E-state index contributed by atoms with van der Waals surface area (Å²) in [4.78, 5) is 25.9. The molecule has 1 saturated heterocycles. The van der Waals surface area contributed by atoms with Crippen molar-refractivity contribution >= 4 is 12.1 Å². The van der Waals surface area contributed by atoms with E-state index in [0.29, 0.717) is 5.56 Å². The third-order valence-corrected chi connectivity index (χ3v) is 4.64. The molecule has 2 aromatic rings. The van der Waals surface area contributed by atoms with Gasteiger partial charge in [0.2, 0.25) is 5.69 Å². The van der Waals surface area contributed by atoms with Crippen LogP contribution in [0.15, 0.2) is 34.2 Å². The third kappa shape index (κ3) is 4.48. The van der Waals surface area contributed by atoms with Gasteiger partial charge in [-0.2, -0.15) is 10.3 Å². The summed E-state index contributed by atoms with van der Waals surface area (Å²) in [5.74, 6) is -0.496. The summed E-state index contributed by atoms with van der Waals surface area (Å²) < 4.78 is 0. The molecule has 1 amide bonds. The van der Waals surface area contributed by atoms with E-state index in [-0.39, 0.29) is 28.6 Å². The van der Waals surface area contributed by atoms with Gasteiger partial charge < -0.3 is 15.7 Å². The Kier molecular flexibility index (Phi) is 5.12. The number of phenols is 1. The molecule has 1 aromatic carbocycles. The van der Waals surface area contributed by atoms with Gasteiger partial charge in [0.25, 0.3) is 5.91 Å². The first-order chi connectivity index (χ1) is 13.1. The van der Waals surface area contributed by atoms with E-state index >= 15 is 0 Å². The highest BCUT2D eigenvalue weighted by atomic mass is 16.3. The van der Waals surface area contributed by atoms with Crippen LogP contribution >= 0.6 is 0 Å². The number of para-hydroxylation sites is 1. The zero-order chi connectivity index (χ0) is 20.5. The highest BCUT2D eigenvalue weighted by molar-refractivity contribution is 5.92. The molecular formula is C19H26N6O3. The largest absolute Gasteiger partial charge is 0.507 e. The molecule has 0 aliphatic carbocycles. The summed E-state index contributed by atoms with van der Waals surface area (Å²) in [5, 5.41) is 26.4. The van der Waals surface area contributed by atoms with E-state index in [2.05, 4.69) is 53.7 Å². The minimum absolute atomic E-state index is 0.0351. The summed E-state index contributed by atoms with van der Waals surface area (Å²) in [6.07, 6.45) is 2.80. The number of aromatic hydroxyl groups is 1. The van der Waals surface area contributed by atoms with Crippen LogP contribution in [0.5, 0.6) is 5.75 Å². The minimum atomic E-state index is -0.656. The Balaban J connectivity index is 1.74. The van der Waals surface area contributed by atoms with Crippen molar-refractivity contribution in [2.45, 2.75) is 57.7 Å². The smallest absolute Gasteiger partial charge is 0.320 e. The van der Waals surface area contributed by atoms with Gasteiger partial charge in [-0.15, -0.1) is 9.89 Å². The fraction of sp³-hybridized carbons (Fsp3) is 0.474. The number of carbonyl (C=O) groups excluding carboxylic acids is 1. The second-order valence-corrected chi connectivity index (χ2v) is 8.45. The van der Waals surface area contributed by atoms with Gasteiger partial charge in [-0.3, -0.25) is 9.59 Å². The maximum Gasteiger partial charge on any atom is 0.320 e. The second-order valence-electron chi connectivity index (χ2n) is 8.45. The Morgan fingerprint density at radius 3 is 2.57 bits per heavy atom. The molecule has 2 heterocycles. The Labute approximate surface area is 162 Å². The molecule has 0 unspecified atom stereocenters. The summed E-state index contributed by atoms with van der Waals surface area (Å²) >= 11 is 0. The predicted octanol–water partition coefficient (Wildman–Crippen LogP) is 1.20. The van der Waals surface area contributed by atoms with Crippen LogP contribution in [0.1, 0.15) is 56.6 Å². The van der Waals surface area contributed by atoms with Crippen LogP contribution in [0, 0.1) is 0 Å². The van der Waals surface area contributed by atoms with Crippen molar-refractivity contribution in [2.24, 2.45) is 5.10 Å². The van der Waals surface area contributed by atoms with Crippen LogP contribution in [0.4, 0.5) is 0 Å². The first-order valence-corrected chi connectivity index (χ1v) is 9.16. The zero-order valence-corrected chi connectivity index (χ0v) is 16.5. The molecule has 0 spiro atoms. The van der Waals surface area contributed by atoms with E-state index < -0.39 is 11.5 Å². The molecule has 1 aromatic heterocycles. The Hall–Kier alpha value is -2.94. The van der Waals surface area contributed by atoms with E-state index in [1.54, 1.807) is 18.2 Å². The lowest BCUT2D eigenvalue weighted by atomic mass is 9.79. The average Bonchev–Trinajstić information content (AvgIpc) is 2.92. The number of amides is 1. The van der Waals surface area contributed by atoms with Crippen molar-refractivity contribution in [1.82, 2.24) is 25.7 Å². The maximum atomic E-state index is 12.6. The number of H-pyrrole nitrogens is 1. The Morgan fingerprint density at radius 2 is 1.93 bits per heavy atom. The van der Waals surface area contributed by atoms with Crippen LogP contribution in [0.3, 0.4) is 0 Å². The third-order valence-electron chi connectivity index (χ3n) is 4.64. The van der Waals surface area contributed by atoms with Gasteiger partial charge in [0.05, 0.1) is 6.21 Å². The molecule has 28 heavy (non-hydrogen) atoms. The van der Waals surface area contributed by atoms with E-state index in [1.807, 2.05) is 0 Å². The first kappa shape index (κ1) is 19.8. The highest BCUT2D eigenvalue weighted by Gasteiger charge is 2.38. The number of hydrogen-bond acceptors (Lipinski definition) is 6. The molecule has 1 aliphatic rings. The molecule has 1 fully saturated rings. The fourth-order valence-corrected chi connectivity index (χ4v) is 3.91. The lowest BCUT2D eigenvalue weighted by Crippen LogP contribution is -2.62. The molecule has 150 valence electrons. The Bertz CT molecular complexity index is 941. The monoisotopic (exact) mass is 386 g/mol. The number of nitrogens with one attached hydrogen (secondary N) is 3. The summed E-state index contributed by atoms with van der Waals surface area (Å²) in [7, 11) is 0. The number of aromatic nitrogens is 3. The number of carbonyl (C=O) groups is 1. The molecule has 0 atom stereocenters. The summed E-state index contributed by atoms with van der Waals surface area (Å²) in [5.41, 5.74) is -0.727. The molecule has 0 radical (unpaired) electrons. The summed E-state index contributed by atoms with van der Waals surface area (Å²) in [6, 6.07) is 6.50. The molecule has 0 saturated carbocycles. The number of aromatic amines is 1. The number of rotatable bonds is 4. The number of benzene rings is 1. The predicted molar refractivity (Wildman–Crippen MR) is 106 cm³/mol. The molecule has 3 rings (SSSR count). The van der Waals surface area contributed by atoms with Gasteiger partial charge in [0.1, 0.15) is 5.75 Å². The number of hydrogen-bond donors (Lipinski definition) is 4. The molecule has 9 heteroatoms. The standard InChI is InChI=1S/C19H26N6O3/c1-18(2)9-13(10-19(3,4)23-18)21-16(27)15-17(28)25(24-22-15)20-11-12-7-5-6-8-14(12)26/h5-8,11,13,23-24,26H,9-10H2,1-4H3,(H,21,27)/b20-11+. The molecular weight excluding hydrogens is 360 g/mol. The van der Waals surface area contributed by atoms with Gasteiger partial charge in [-0.05, 0) is 52.7 Å². The van der Waals surface area contributed by atoms with Crippen LogP contribution in [0.25, 0.3) is 0 Å². The van der Waals surface area contributed by atoms with Crippen molar-refractivity contribution in [2.75, 3.05) is 0 Å². The molecule has 0 bridgehead atoms. The molecule has 9 nitrogen and oxygen atoms in total. The van der Waals surface area contributed by atoms with Crippen molar-refractivity contribution in [1.29, 1.82) is 0 Å². The maximum absolute atomic E-state index is 12.6. The van der Waals surface area contributed by atoms with Gasteiger partial charge >= 0.3 is 5.56 Å². The second kappa shape index (κ2) is 7.23. The number of piperidine rings is 1. The lowest BCUT2D eigenvalue weighted by Gasteiger charge is -2.46. The Morgan fingerprint density at radius 1 is 1.29 bits per heavy atom. The van der Waals surface area contributed by atoms with Crippen molar-refractivity contribution in [3.63, 3.8) is 0 Å². The van der Waals surface area contributed by atoms with Gasteiger partial charge in [0, 0.05) is 22.7 Å².